The van der Waals surface area contributed by atoms with Crippen molar-refractivity contribution in [1.82, 2.24) is 15.1 Å². The largest absolute Gasteiger partial charge is 0.376 e. The van der Waals surface area contributed by atoms with E-state index in [1.54, 1.807) is 11.3 Å². The number of urea groups is 1. The lowest BCUT2D eigenvalue weighted by Crippen LogP contribution is -2.56. The molecule has 176 valence electrons. The Morgan fingerprint density at radius 2 is 2.06 bits per heavy atom. The first-order valence-electron chi connectivity index (χ1n) is 11.8. The molecule has 8 nitrogen and oxygen atoms in total. The third-order valence-corrected chi connectivity index (χ3v) is 7.87. The van der Waals surface area contributed by atoms with Gasteiger partial charge in [0.25, 0.3) is 5.91 Å². The number of amides is 4. The van der Waals surface area contributed by atoms with Crippen molar-refractivity contribution in [3.05, 3.63) is 17.0 Å². The lowest BCUT2D eigenvalue weighted by atomic mass is 9.74. The molecular formula is C23H34N4O4S. The zero-order valence-electron chi connectivity index (χ0n) is 19.0. The zero-order valence-corrected chi connectivity index (χ0v) is 19.8. The highest BCUT2D eigenvalue weighted by Crippen LogP contribution is 2.38. The summed E-state index contributed by atoms with van der Waals surface area (Å²) in [5, 5.41) is 6.83. The fraction of sp³-hybridized carbons (Fsp3) is 0.696. The van der Waals surface area contributed by atoms with Crippen LogP contribution in [0.3, 0.4) is 0 Å². The summed E-state index contributed by atoms with van der Waals surface area (Å²) >= 11 is 1.60. The van der Waals surface area contributed by atoms with Crippen LogP contribution in [0.2, 0.25) is 0 Å². The Morgan fingerprint density at radius 3 is 2.72 bits per heavy atom. The van der Waals surface area contributed by atoms with E-state index in [4.69, 9.17) is 4.74 Å². The summed E-state index contributed by atoms with van der Waals surface area (Å²) < 4.78 is 5.68. The van der Waals surface area contributed by atoms with E-state index in [1.165, 1.54) is 16.7 Å². The minimum Gasteiger partial charge on any atom is -0.376 e. The lowest BCUT2D eigenvalue weighted by Gasteiger charge is -2.41. The number of likely N-dealkylation sites (tertiary alicyclic amines) is 1. The Balaban J connectivity index is 1.37. The second-order valence-electron chi connectivity index (χ2n) is 9.20. The van der Waals surface area contributed by atoms with Crippen LogP contribution in [0.25, 0.3) is 0 Å². The van der Waals surface area contributed by atoms with Gasteiger partial charge in [0.2, 0.25) is 5.91 Å². The molecule has 4 rings (SSSR count). The van der Waals surface area contributed by atoms with Gasteiger partial charge in [-0.1, -0.05) is 13.3 Å². The second-order valence-corrected chi connectivity index (χ2v) is 10.4. The van der Waals surface area contributed by atoms with Gasteiger partial charge >= 0.3 is 6.03 Å². The normalized spacial score (nSPS) is 27.2. The van der Waals surface area contributed by atoms with Gasteiger partial charge in [-0.15, -0.1) is 11.3 Å². The van der Waals surface area contributed by atoms with Crippen LogP contribution in [0.5, 0.6) is 0 Å². The fourth-order valence-electron chi connectivity index (χ4n) is 5.36. The Hall–Kier alpha value is -1.97. The predicted molar refractivity (Wildman–Crippen MR) is 123 cm³/mol. The number of carbonyl (C=O) groups is 3. The van der Waals surface area contributed by atoms with E-state index in [0.717, 1.165) is 56.7 Å². The Morgan fingerprint density at radius 1 is 1.28 bits per heavy atom. The van der Waals surface area contributed by atoms with Crippen LogP contribution < -0.4 is 10.6 Å². The molecule has 2 atom stereocenters. The third-order valence-electron chi connectivity index (χ3n) is 6.88. The van der Waals surface area contributed by atoms with E-state index in [1.807, 2.05) is 6.07 Å². The van der Waals surface area contributed by atoms with E-state index >= 15 is 0 Å². The number of nitrogens with one attached hydrogen (secondary N) is 2. The van der Waals surface area contributed by atoms with Crippen LogP contribution in [0.15, 0.2) is 12.1 Å². The van der Waals surface area contributed by atoms with Gasteiger partial charge in [0, 0.05) is 25.0 Å². The maximum Gasteiger partial charge on any atom is 0.325 e. The predicted octanol–water partition coefficient (Wildman–Crippen LogP) is 3.19. The molecule has 3 fully saturated rings. The van der Waals surface area contributed by atoms with Gasteiger partial charge in [0.15, 0.2) is 0 Å². The zero-order chi connectivity index (χ0) is 22.7. The lowest BCUT2D eigenvalue weighted by molar-refractivity contribution is -0.135. The molecule has 0 radical (unpaired) electrons. The van der Waals surface area contributed by atoms with Crippen LogP contribution in [0.1, 0.15) is 57.2 Å². The molecule has 0 saturated carbocycles. The van der Waals surface area contributed by atoms with Gasteiger partial charge in [0.1, 0.15) is 5.54 Å². The van der Waals surface area contributed by atoms with E-state index in [2.05, 4.69) is 28.5 Å². The van der Waals surface area contributed by atoms with Gasteiger partial charge in [-0.3, -0.25) is 19.4 Å². The van der Waals surface area contributed by atoms with E-state index in [-0.39, 0.29) is 29.9 Å². The van der Waals surface area contributed by atoms with Crippen LogP contribution in [-0.4, -0.2) is 65.5 Å². The molecule has 4 heterocycles. The molecule has 32 heavy (non-hydrogen) atoms. The number of hydrogen-bond acceptors (Lipinski definition) is 6. The Kier molecular flexibility index (Phi) is 7.17. The molecule has 3 aliphatic heterocycles. The summed E-state index contributed by atoms with van der Waals surface area (Å²) in [7, 11) is 0. The minimum absolute atomic E-state index is 0.0304. The number of rotatable bonds is 8. The van der Waals surface area contributed by atoms with Gasteiger partial charge in [-0.25, -0.2) is 4.79 Å². The van der Waals surface area contributed by atoms with E-state index < -0.39 is 5.54 Å². The summed E-state index contributed by atoms with van der Waals surface area (Å²) in [6.45, 7) is 7.28. The standard InChI is InChI=1S/C23H34N4O4S/c1-3-10-23(21(29)27(22(30)25-23)14-18-5-4-13-31-18)17-8-11-26(12-9-17)15-19-6-7-20(32-19)24-16(2)28/h6-7,17-18H,3-5,8-15H2,1-2H3,(H,24,28)(H,25,30)/t18-,23-/m1/s1. The van der Waals surface area contributed by atoms with Crippen LogP contribution >= 0.6 is 11.3 Å². The highest BCUT2D eigenvalue weighted by molar-refractivity contribution is 7.16. The maximum atomic E-state index is 13.5. The number of hydrogen-bond donors (Lipinski definition) is 2. The molecule has 0 unspecified atom stereocenters. The molecule has 0 spiro atoms. The maximum absolute atomic E-state index is 13.5. The first-order chi connectivity index (χ1) is 15.4. The number of piperidine rings is 1. The number of thiophene rings is 1. The fourth-order valence-corrected chi connectivity index (χ4v) is 6.35. The van der Waals surface area contributed by atoms with Crippen molar-refractivity contribution in [2.75, 3.05) is 31.6 Å². The molecule has 3 saturated heterocycles. The highest BCUT2D eigenvalue weighted by Gasteiger charge is 2.55. The Bertz CT molecular complexity index is 845. The van der Waals surface area contributed by atoms with Gasteiger partial charge < -0.3 is 15.4 Å². The molecular weight excluding hydrogens is 428 g/mol. The van der Waals surface area contributed by atoms with Crippen molar-refractivity contribution in [2.45, 2.75) is 70.6 Å². The van der Waals surface area contributed by atoms with Crippen molar-refractivity contribution >= 4 is 34.2 Å². The third kappa shape index (κ3) is 4.84. The van der Waals surface area contributed by atoms with Crippen molar-refractivity contribution in [3.8, 4) is 0 Å². The highest BCUT2D eigenvalue weighted by atomic mass is 32.1. The topological polar surface area (TPSA) is 91.0 Å². The van der Waals surface area contributed by atoms with Crippen molar-refractivity contribution in [3.63, 3.8) is 0 Å². The molecule has 0 bridgehead atoms. The summed E-state index contributed by atoms with van der Waals surface area (Å²) in [6, 6.07) is 3.75. The van der Waals surface area contributed by atoms with E-state index in [0.29, 0.717) is 19.6 Å². The quantitative estimate of drug-likeness (QED) is 0.579. The summed E-state index contributed by atoms with van der Waals surface area (Å²) in [4.78, 5) is 42.6. The smallest absolute Gasteiger partial charge is 0.325 e. The summed E-state index contributed by atoms with van der Waals surface area (Å²) in [6.07, 6.45) is 5.15. The SMILES string of the molecule is CCC[C@]1(C2CCN(Cc3ccc(NC(C)=O)s3)CC2)NC(=O)N(C[C@H]2CCCO2)C1=O. The molecule has 4 amide bonds. The average Bonchev–Trinajstić information content (AvgIpc) is 3.47. The van der Waals surface area contributed by atoms with Gasteiger partial charge in [-0.2, -0.15) is 0 Å². The molecule has 2 N–H and O–H groups in total. The monoisotopic (exact) mass is 462 g/mol. The minimum atomic E-state index is -0.780. The molecule has 1 aromatic heterocycles. The summed E-state index contributed by atoms with van der Waals surface area (Å²) in [5.41, 5.74) is -0.780. The number of nitrogens with zero attached hydrogens (tertiary/aromatic N) is 2. The molecule has 0 aromatic carbocycles. The number of anilines is 1. The van der Waals surface area contributed by atoms with E-state index in [9.17, 15) is 14.4 Å². The number of carbonyl (C=O) groups excluding carboxylic acids is 3. The first kappa shape index (κ1) is 23.2. The number of imide groups is 1. The number of ether oxygens (including phenoxy) is 1. The van der Waals surface area contributed by atoms with Crippen LogP contribution in [0.4, 0.5) is 9.80 Å². The average molecular weight is 463 g/mol. The van der Waals surface area contributed by atoms with Crippen molar-refractivity contribution < 1.29 is 19.1 Å². The van der Waals surface area contributed by atoms with Crippen molar-refractivity contribution in [2.24, 2.45) is 5.92 Å². The van der Waals surface area contributed by atoms with Crippen LogP contribution in [-0.2, 0) is 20.9 Å². The molecule has 0 aliphatic carbocycles. The Labute approximate surface area is 193 Å². The van der Waals surface area contributed by atoms with Gasteiger partial charge in [0.05, 0.1) is 17.6 Å². The molecule has 1 aromatic rings. The van der Waals surface area contributed by atoms with Crippen LogP contribution in [0, 0.1) is 5.92 Å². The molecule has 3 aliphatic rings. The summed E-state index contributed by atoms with van der Waals surface area (Å²) in [5.74, 6) is 0.0247. The second kappa shape index (κ2) is 9.89. The first-order valence-corrected chi connectivity index (χ1v) is 12.6. The van der Waals surface area contributed by atoms with Crippen molar-refractivity contribution in [1.29, 1.82) is 0 Å². The molecule has 9 heteroatoms. The van der Waals surface area contributed by atoms with Gasteiger partial charge in [-0.05, 0) is 63.2 Å².